The molecule has 2 aromatic carbocycles. The Morgan fingerprint density at radius 2 is 2.04 bits per heavy atom. The van der Waals surface area contributed by atoms with E-state index in [-0.39, 0.29) is 11.9 Å². The molecule has 0 aliphatic carbocycles. The Hall–Kier alpha value is -2.25. The van der Waals surface area contributed by atoms with Crippen molar-refractivity contribution in [1.82, 2.24) is 20.1 Å². The standard InChI is InChI=1S/C20H21BrN4OS/c1-13-6-8-15(9-7-13)19-23-24-20(27)25(19)11-10-18(26)22-14(2)16-4-3-5-17(21)12-16/h3-9,12,14H,10-11H2,1-2H3,(H,22,26)(H,24,27). The Kier molecular flexibility index (Phi) is 6.23. The van der Waals surface area contributed by atoms with Gasteiger partial charge in [-0.3, -0.25) is 14.5 Å². The van der Waals surface area contributed by atoms with Crippen LogP contribution in [0.25, 0.3) is 11.4 Å². The van der Waals surface area contributed by atoms with E-state index in [4.69, 9.17) is 12.2 Å². The lowest BCUT2D eigenvalue weighted by Gasteiger charge is -2.15. The zero-order valence-corrected chi connectivity index (χ0v) is 17.6. The van der Waals surface area contributed by atoms with Gasteiger partial charge < -0.3 is 5.32 Å². The maximum absolute atomic E-state index is 12.4. The highest BCUT2D eigenvalue weighted by molar-refractivity contribution is 9.10. The predicted molar refractivity (Wildman–Crippen MR) is 113 cm³/mol. The van der Waals surface area contributed by atoms with E-state index in [9.17, 15) is 4.79 Å². The van der Waals surface area contributed by atoms with Crippen LogP contribution in [0.4, 0.5) is 0 Å². The molecular formula is C20H21BrN4OS. The Bertz CT molecular complexity index is 994. The highest BCUT2D eigenvalue weighted by Crippen LogP contribution is 2.19. The second-order valence-electron chi connectivity index (χ2n) is 6.46. The highest BCUT2D eigenvalue weighted by Gasteiger charge is 2.13. The molecule has 1 atom stereocenters. The summed E-state index contributed by atoms with van der Waals surface area (Å²) in [6.45, 7) is 4.48. The molecule has 140 valence electrons. The van der Waals surface area contributed by atoms with Crippen molar-refractivity contribution < 1.29 is 4.79 Å². The summed E-state index contributed by atoms with van der Waals surface area (Å²) in [4.78, 5) is 12.4. The van der Waals surface area contributed by atoms with Crippen LogP contribution >= 0.6 is 28.1 Å². The lowest BCUT2D eigenvalue weighted by Crippen LogP contribution is -2.27. The smallest absolute Gasteiger partial charge is 0.222 e. The fourth-order valence-corrected chi connectivity index (χ4v) is 3.47. The zero-order chi connectivity index (χ0) is 19.4. The summed E-state index contributed by atoms with van der Waals surface area (Å²) in [5, 5.41) is 10.2. The number of aromatic nitrogens is 3. The number of rotatable bonds is 6. The quantitative estimate of drug-likeness (QED) is 0.528. The monoisotopic (exact) mass is 444 g/mol. The highest BCUT2D eigenvalue weighted by atomic mass is 79.9. The van der Waals surface area contributed by atoms with Crippen molar-refractivity contribution in [2.24, 2.45) is 0 Å². The number of halogens is 1. The van der Waals surface area contributed by atoms with Crippen molar-refractivity contribution in [2.45, 2.75) is 32.9 Å². The number of aromatic amines is 1. The summed E-state index contributed by atoms with van der Waals surface area (Å²) in [5.41, 5.74) is 3.20. The minimum Gasteiger partial charge on any atom is -0.350 e. The normalized spacial score (nSPS) is 12.0. The van der Waals surface area contributed by atoms with Crippen LogP contribution in [0.15, 0.2) is 53.0 Å². The third-order valence-electron chi connectivity index (χ3n) is 4.36. The number of carbonyl (C=O) groups excluding carboxylic acids is 1. The van der Waals surface area contributed by atoms with Crippen LogP contribution in [0, 0.1) is 11.7 Å². The van der Waals surface area contributed by atoms with E-state index in [1.54, 1.807) is 0 Å². The van der Waals surface area contributed by atoms with Crippen molar-refractivity contribution in [3.05, 3.63) is 68.9 Å². The lowest BCUT2D eigenvalue weighted by molar-refractivity contribution is -0.121. The molecule has 0 fully saturated rings. The molecule has 0 aliphatic rings. The van der Waals surface area contributed by atoms with E-state index < -0.39 is 0 Å². The molecule has 0 bridgehead atoms. The fraction of sp³-hybridized carbons (Fsp3) is 0.250. The molecule has 1 heterocycles. The number of benzene rings is 2. The van der Waals surface area contributed by atoms with Crippen molar-refractivity contribution in [2.75, 3.05) is 0 Å². The lowest BCUT2D eigenvalue weighted by atomic mass is 10.1. The van der Waals surface area contributed by atoms with Gasteiger partial charge in [-0.05, 0) is 43.8 Å². The maximum atomic E-state index is 12.4. The first-order valence-electron chi connectivity index (χ1n) is 8.71. The molecule has 0 aliphatic heterocycles. The molecule has 0 spiro atoms. The second kappa shape index (κ2) is 8.63. The predicted octanol–water partition coefficient (Wildman–Crippen LogP) is 4.95. The molecule has 7 heteroatoms. The summed E-state index contributed by atoms with van der Waals surface area (Å²) in [7, 11) is 0. The molecule has 3 aromatic rings. The first-order chi connectivity index (χ1) is 12.9. The fourth-order valence-electron chi connectivity index (χ4n) is 2.83. The third kappa shape index (κ3) is 4.93. The van der Waals surface area contributed by atoms with Gasteiger partial charge in [-0.1, -0.05) is 57.9 Å². The van der Waals surface area contributed by atoms with Crippen LogP contribution in [-0.4, -0.2) is 20.7 Å². The van der Waals surface area contributed by atoms with Gasteiger partial charge in [-0.15, -0.1) is 0 Å². The minimum atomic E-state index is -0.0658. The van der Waals surface area contributed by atoms with Gasteiger partial charge >= 0.3 is 0 Å². The molecule has 2 N–H and O–H groups in total. The molecule has 0 radical (unpaired) electrons. The van der Waals surface area contributed by atoms with Crippen molar-refractivity contribution in [3.8, 4) is 11.4 Å². The molecule has 1 amide bonds. The summed E-state index contributed by atoms with van der Waals surface area (Å²) in [5.74, 6) is 0.716. The van der Waals surface area contributed by atoms with Crippen LogP contribution in [-0.2, 0) is 11.3 Å². The van der Waals surface area contributed by atoms with Gasteiger partial charge in [0.15, 0.2) is 10.6 Å². The molecular weight excluding hydrogens is 424 g/mol. The molecule has 1 unspecified atom stereocenters. The zero-order valence-electron chi connectivity index (χ0n) is 15.2. The van der Waals surface area contributed by atoms with Crippen LogP contribution in [0.3, 0.4) is 0 Å². The first-order valence-corrected chi connectivity index (χ1v) is 9.91. The van der Waals surface area contributed by atoms with Crippen molar-refractivity contribution in [1.29, 1.82) is 0 Å². The number of carbonyl (C=O) groups is 1. The van der Waals surface area contributed by atoms with Crippen molar-refractivity contribution in [3.63, 3.8) is 0 Å². The maximum Gasteiger partial charge on any atom is 0.222 e. The third-order valence-corrected chi connectivity index (χ3v) is 5.16. The number of H-pyrrole nitrogens is 1. The van der Waals surface area contributed by atoms with Crippen molar-refractivity contribution >= 4 is 34.1 Å². The van der Waals surface area contributed by atoms with Crippen LogP contribution in [0.2, 0.25) is 0 Å². The van der Waals surface area contributed by atoms with E-state index >= 15 is 0 Å². The van der Waals surface area contributed by atoms with E-state index in [1.807, 2.05) is 66.9 Å². The van der Waals surface area contributed by atoms with E-state index in [1.165, 1.54) is 5.56 Å². The molecule has 1 aromatic heterocycles. The number of nitrogens with one attached hydrogen (secondary N) is 2. The Morgan fingerprint density at radius 3 is 2.74 bits per heavy atom. The Morgan fingerprint density at radius 1 is 1.30 bits per heavy atom. The molecule has 3 rings (SSSR count). The summed E-state index contributed by atoms with van der Waals surface area (Å²) in [6.07, 6.45) is 0.324. The van der Waals surface area contributed by atoms with Crippen LogP contribution in [0.5, 0.6) is 0 Å². The number of amides is 1. The van der Waals surface area contributed by atoms with E-state index in [2.05, 4.69) is 31.4 Å². The minimum absolute atomic E-state index is 0.0274. The van der Waals surface area contributed by atoms with E-state index in [0.29, 0.717) is 17.7 Å². The van der Waals surface area contributed by atoms with Gasteiger partial charge in [0.2, 0.25) is 5.91 Å². The summed E-state index contributed by atoms with van der Waals surface area (Å²) < 4.78 is 3.37. The van der Waals surface area contributed by atoms with Gasteiger partial charge in [0, 0.05) is 23.0 Å². The Balaban J connectivity index is 1.66. The van der Waals surface area contributed by atoms with Crippen LogP contribution < -0.4 is 5.32 Å². The molecule has 0 saturated carbocycles. The number of nitrogens with zero attached hydrogens (tertiary/aromatic N) is 2. The number of hydrogen-bond donors (Lipinski definition) is 2. The summed E-state index contributed by atoms with van der Waals surface area (Å²) in [6, 6.07) is 15.9. The molecule has 5 nitrogen and oxygen atoms in total. The topological polar surface area (TPSA) is 62.7 Å². The van der Waals surface area contributed by atoms with E-state index in [0.717, 1.165) is 21.4 Å². The SMILES string of the molecule is Cc1ccc(-c2n[nH]c(=S)n2CCC(=O)NC(C)c2cccc(Br)c2)cc1. The summed E-state index contributed by atoms with van der Waals surface area (Å²) >= 11 is 8.80. The largest absolute Gasteiger partial charge is 0.350 e. The Labute approximate surface area is 171 Å². The van der Waals surface area contributed by atoms with Gasteiger partial charge in [-0.2, -0.15) is 5.10 Å². The average Bonchev–Trinajstić information content (AvgIpc) is 3.01. The van der Waals surface area contributed by atoms with Crippen LogP contribution in [0.1, 0.15) is 30.5 Å². The van der Waals surface area contributed by atoms with Gasteiger partial charge in [-0.25, -0.2) is 0 Å². The number of aryl methyl sites for hydroxylation is 1. The van der Waals surface area contributed by atoms with Gasteiger partial charge in [0.25, 0.3) is 0 Å². The van der Waals surface area contributed by atoms with Gasteiger partial charge in [0.05, 0.1) is 6.04 Å². The number of hydrogen-bond acceptors (Lipinski definition) is 3. The van der Waals surface area contributed by atoms with Gasteiger partial charge in [0.1, 0.15) is 0 Å². The second-order valence-corrected chi connectivity index (χ2v) is 7.77. The molecule has 0 saturated heterocycles. The molecule has 27 heavy (non-hydrogen) atoms. The first kappa shape index (κ1) is 19.5. The average molecular weight is 445 g/mol.